The summed E-state index contributed by atoms with van der Waals surface area (Å²) in [6, 6.07) is 0. The summed E-state index contributed by atoms with van der Waals surface area (Å²) in [6.07, 6.45) is 19.8. The monoisotopic (exact) mass is 604 g/mol. The first kappa shape index (κ1) is 30.6. The molecule has 0 aromatic heterocycles. The smallest absolute Gasteiger partial charge is 0.0596 e. The summed E-state index contributed by atoms with van der Waals surface area (Å²) in [6.45, 7) is 15.1. The maximum atomic E-state index is 10.9. The molecule has 0 bridgehead atoms. The zero-order valence-electron chi connectivity index (χ0n) is 29.0. The van der Waals surface area contributed by atoms with Crippen LogP contribution in [0.3, 0.4) is 0 Å². The number of fused-ring (bicyclic) bond motifs is 10. The van der Waals surface area contributed by atoms with Crippen LogP contribution in [-0.4, -0.2) is 33.8 Å². The van der Waals surface area contributed by atoms with E-state index in [2.05, 4.69) is 41.5 Å². The normalized spacial score (nSPS) is 60.2. The predicted molar refractivity (Wildman–Crippen MR) is 179 cm³/mol. The Balaban J connectivity index is 0.970. The van der Waals surface area contributed by atoms with Crippen molar-refractivity contribution < 1.29 is 10.2 Å². The third-order valence-electron chi connectivity index (χ3n) is 17.9. The molecule has 0 aliphatic heterocycles. The van der Waals surface area contributed by atoms with Gasteiger partial charge in [-0.15, -0.1) is 0 Å². The van der Waals surface area contributed by atoms with Crippen molar-refractivity contribution in [2.24, 2.45) is 91.0 Å². The second-order valence-corrected chi connectivity index (χ2v) is 19.4. The van der Waals surface area contributed by atoms with Crippen molar-refractivity contribution in [2.75, 3.05) is 0 Å². The first-order valence-corrected chi connectivity index (χ1v) is 19.4. The molecule has 8 rings (SSSR count). The van der Waals surface area contributed by atoms with Crippen LogP contribution in [-0.2, 0) is 0 Å². The van der Waals surface area contributed by atoms with Gasteiger partial charge in [0.05, 0.1) is 12.2 Å². The van der Waals surface area contributed by atoms with Crippen molar-refractivity contribution in [2.45, 2.75) is 156 Å². The van der Waals surface area contributed by atoms with Crippen LogP contribution in [0.2, 0.25) is 0 Å². The molecule has 8 fully saturated rings. The predicted octanol–water partition coefficient (Wildman–Crippen LogP) is 9.08. The van der Waals surface area contributed by atoms with Gasteiger partial charge in [-0.1, -0.05) is 41.5 Å². The number of aliphatic hydroxyl groups excluding tert-OH is 2. The molecule has 8 aliphatic carbocycles. The average molecular weight is 605 g/mol. The summed E-state index contributed by atoms with van der Waals surface area (Å²) in [5.74, 6) is 7.34. The number of hydrogen-bond acceptors (Lipinski definition) is 4. The van der Waals surface area contributed by atoms with Crippen molar-refractivity contribution in [3.63, 3.8) is 0 Å². The largest absolute Gasteiger partial charge is 0.393 e. The van der Waals surface area contributed by atoms with Crippen molar-refractivity contribution in [1.82, 2.24) is 0 Å². The number of nitrogens with zero attached hydrogens (tertiary/aromatic N) is 2. The molecular weight excluding hydrogens is 540 g/mol. The molecule has 44 heavy (non-hydrogen) atoms. The quantitative estimate of drug-likeness (QED) is 0.293. The van der Waals surface area contributed by atoms with Crippen LogP contribution >= 0.6 is 0 Å². The Morgan fingerprint density at radius 3 is 1.30 bits per heavy atom. The Morgan fingerprint density at radius 1 is 0.500 bits per heavy atom. The Hall–Kier alpha value is -0.740. The van der Waals surface area contributed by atoms with E-state index in [1.165, 1.54) is 88.5 Å². The van der Waals surface area contributed by atoms with Gasteiger partial charge in [0.15, 0.2) is 0 Å². The second kappa shape index (κ2) is 10.4. The van der Waals surface area contributed by atoms with Gasteiger partial charge >= 0.3 is 0 Å². The Morgan fingerprint density at radius 2 is 0.886 bits per heavy atom. The van der Waals surface area contributed by atoms with E-state index in [0.717, 1.165) is 73.0 Å². The number of hydrogen-bond donors (Lipinski definition) is 2. The highest BCUT2D eigenvalue weighted by Gasteiger charge is 2.62. The Kier molecular flexibility index (Phi) is 7.21. The minimum absolute atomic E-state index is 0.0722. The highest BCUT2D eigenvalue weighted by molar-refractivity contribution is 5.91. The number of rotatable bonds is 1. The summed E-state index contributed by atoms with van der Waals surface area (Å²) >= 11 is 0. The van der Waals surface area contributed by atoms with Gasteiger partial charge in [-0.25, -0.2) is 0 Å². The van der Waals surface area contributed by atoms with E-state index in [4.69, 9.17) is 10.2 Å². The molecule has 246 valence electrons. The van der Waals surface area contributed by atoms with Gasteiger partial charge in [0.2, 0.25) is 0 Å². The summed E-state index contributed by atoms with van der Waals surface area (Å²) in [4.78, 5) is 0. The highest BCUT2D eigenvalue weighted by Crippen LogP contribution is 2.68. The minimum Gasteiger partial charge on any atom is -0.393 e. The van der Waals surface area contributed by atoms with E-state index >= 15 is 0 Å². The van der Waals surface area contributed by atoms with Crippen molar-refractivity contribution in [3.8, 4) is 0 Å². The van der Waals surface area contributed by atoms with E-state index in [9.17, 15) is 10.2 Å². The molecule has 2 N–H and O–H groups in total. The molecule has 8 aliphatic rings. The maximum Gasteiger partial charge on any atom is 0.0596 e. The summed E-state index contributed by atoms with van der Waals surface area (Å²) < 4.78 is 0. The third kappa shape index (κ3) is 4.20. The molecule has 0 amide bonds. The zero-order valence-corrected chi connectivity index (χ0v) is 29.0. The lowest BCUT2D eigenvalue weighted by Crippen LogP contribution is -2.55. The lowest BCUT2D eigenvalue weighted by molar-refractivity contribution is -0.116. The summed E-state index contributed by atoms with van der Waals surface area (Å²) in [7, 11) is 0. The fourth-order valence-corrected chi connectivity index (χ4v) is 15.2. The summed E-state index contributed by atoms with van der Waals surface area (Å²) in [5, 5.41) is 32.1. The molecule has 4 heteroatoms. The van der Waals surface area contributed by atoms with Crippen LogP contribution in [0.4, 0.5) is 0 Å². The molecule has 0 unspecified atom stereocenters. The molecular formula is C40H64N2O2. The van der Waals surface area contributed by atoms with E-state index < -0.39 is 0 Å². The van der Waals surface area contributed by atoms with E-state index in [1.54, 1.807) is 0 Å². The Labute approximate surface area is 268 Å². The van der Waals surface area contributed by atoms with Crippen molar-refractivity contribution >= 4 is 11.4 Å². The molecule has 0 aromatic rings. The fourth-order valence-electron chi connectivity index (χ4n) is 15.2. The first-order chi connectivity index (χ1) is 20.9. The molecule has 16 atom stereocenters. The van der Waals surface area contributed by atoms with Gasteiger partial charge in [-0.3, -0.25) is 0 Å². The lowest BCUT2D eigenvalue weighted by Gasteiger charge is -2.61. The SMILES string of the molecule is C[C@@H]1C[C@@]2(C)[C@@H](CC[C@H]3[C@H]2CC[C@]2(C)[C@@H](O)CC[C@@H]32)C/C1=N/N=C1\C[C@H]2CC[C@H]3[C@H](CC[C@]4(C)[C@@H](O)CC[C@@H]34)[C@@]2(C)C[C@H]1C. The van der Waals surface area contributed by atoms with Crippen LogP contribution in [0.15, 0.2) is 10.2 Å². The van der Waals surface area contributed by atoms with Crippen LogP contribution in [0.5, 0.6) is 0 Å². The van der Waals surface area contributed by atoms with E-state index in [-0.39, 0.29) is 23.0 Å². The molecule has 0 spiro atoms. The van der Waals surface area contributed by atoms with Crippen molar-refractivity contribution in [1.29, 1.82) is 0 Å². The number of aliphatic hydroxyl groups is 2. The van der Waals surface area contributed by atoms with Gasteiger partial charge in [-0.2, -0.15) is 10.2 Å². The fraction of sp³-hybridized carbons (Fsp3) is 0.950. The third-order valence-corrected chi connectivity index (χ3v) is 17.9. The Bertz CT molecular complexity index is 1120. The van der Waals surface area contributed by atoms with Gasteiger partial charge in [0, 0.05) is 11.4 Å². The topological polar surface area (TPSA) is 65.2 Å². The van der Waals surface area contributed by atoms with Gasteiger partial charge in [0.1, 0.15) is 0 Å². The molecule has 0 heterocycles. The second-order valence-electron chi connectivity index (χ2n) is 19.4. The van der Waals surface area contributed by atoms with E-state index in [1.807, 2.05) is 0 Å². The summed E-state index contributed by atoms with van der Waals surface area (Å²) in [5.41, 5.74) is 3.99. The maximum absolute atomic E-state index is 10.9. The van der Waals surface area contributed by atoms with Gasteiger partial charge in [-0.05, 0) is 184 Å². The molecule has 4 nitrogen and oxygen atoms in total. The van der Waals surface area contributed by atoms with E-state index in [0.29, 0.717) is 22.7 Å². The zero-order chi connectivity index (χ0) is 30.8. The van der Waals surface area contributed by atoms with Crippen LogP contribution < -0.4 is 0 Å². The molecule has 0 aromatic carbocycles. The average Bonchev–Trinajstić information content (AvgIpc) is 3.46. The van der Waals surface area contributed by atoms with Crippen molar-refractivity contribution in [3.05, 3.63) is 0 Å². The molecule has 8 saturated carbocycles. The van der Waals surface area contributed by atoms with Gasteiger partial charge in [0.25, 0.3) is 0 Å². The molecule has 0 saturated heterocycles. The van der Waals surface area contributed by atoms with Crippen LogP contribution in [0.25, 0.3) is 0 Å². The molecule has 0 radical (unpaired) electrons. The standard InChI is InChI=1S/C40H64N2O2/c1-23-21-39(5)25(7-9-27-29-11-13-35(43)37(29,3)17-15-31(27)39)19-33(23)41-42-34-20-26-8-10-28-30-12-14-36(44)38(30,4)18-16-32(28)40(26,6)22-24(34)2/h23-32,35-36,43-44H,7-22H2,1-6H3/b41-33-,42-34+/t23-,24-,25+,26-,27-,28-,29+,30+,31-,32+,35+,36+,37+,38+,39+,40+/m1/s1. The lowest BCUT2D eigenvalue weighted by atomic mass is 9.44. The van der Waals surface area contributed by atoms with Crippen LogP contribution in [0.1, 0.15) is 144 Å². The van der Waals surface area contributed by atoms with Gasteiger partial charge < -0.3 is 10.2 Å². The minimum atomic E-state index is -0.0722. The first-order valence-electron chi connectivity index (χ1n) is 19.4. The van der Waals surface area contributed by atoms with Crippen LogP contribution in [0, 0.1) is 80.8 Å². The highest BCUT2D eigenvalue weighted by atomic mass is 16.3.